The number of rotatable bonds is 11. The van der Waals surface area contributed by atoms with Crippen LogP contribution in [0.5, 0.6) is 11.5 Å². The van der Waals surface area contributed by atoms with Crippen LogP contribution in [0.2, 0.25) is 0 Å². The standard InChI is InChI=1S/C21H22F3NO5/c22-21(23,24)20(27)30-19(26)11-13-25-12-10-16-6-8-18(9-7-16)29-15-14-28-17-4-2-1-3-5-17/h1-9,25H,10-15H2. The summed E-state index contributed by atoms with van der Waals surface area (Å²) in [6, 6.07) is 16.9. The van der Waals surface area contributed by atoms with Gasteiger partial charge in [0.05, 0.1) is 6.42 Å². The quantitative estimate of drug-likeness (QED) is 0.338. The molecule has 0 unspecified atom stereocenters. The van der Waals surface area contributed by atoms with Crippen LogP contribution in [0.15, 0.2) is 54.6 Å². The van der Waals surface area contributed by atoms with E-state index in [-0.39, 0.29) is 13.0 Å². The molecule has 0 aromatic heterocycles. The number of carbonyl (C=O) groups is 2. The van der Waals surface area contributed by atoms with E-state index in [9.17, 15) is 22.8 Å². The molecule has 2 aromatic rings. The number of halogens is 3. The van der Waals surface area contributed by atoms with Crippen molar-refractivity contribution >= 4 is 11.9 Å². The van der Waals surface area contributed by atoms with Gasteiger partial charge in [-0.3, -0.25) is 4.79 Å². The molecule has 2 aromatic carbocycles. The molecule has 1 N–H and O–H groups in total. The molecule has 0 aliphatic heterocycles. The molecular formula is C21H22F3NO5. The number of nitrogens with one attached hydrogen (secondary N) is 1. The second kappa shape index (κ2) is 11.8. The Morgan fingerprint density at radius 3 is 2.03 bits per heavy atom. The molecular weight excluding hydrogens is 403 g/mol. The molecule has 0 amide bonds. The fourth-order valence-corrected chi connectivity index (χ4v) is 2.35. The van der Waals surface area contributed by atoms with Crippen LogP contribution in [0.4, 0.5) is 13.2 Å². The largest absolute Gasteiger partial charge is 0.491 e. The molecule has 0 fully saturated rings. The number of esters is 2. The molecule has 0 radical (unpaired) electrons. The Labute approximate surface area is 171 Å². The van der Waals surface area contributed by atoms with Crippen LogP contribution in [0.1, 0.15) is 12.0 Å². The van der Waals surface area contributed by atoms with Gasteiger partial charge in [-0.2, -0.15) is 13.2 Å². The molecule has 0 heterocycles. The van der Waals surface area contributed by atoms with E-state index in [2.05, 4.69) is 10.1 Å². The zero-order valence-corrected chi connectivity index (χ0v) is 16.1. The van der Waals surface area contributed by atoms with E-state index in [1.54, 1.807) is 0 Å². The van der Waals surface area contributed by atoms with Gasteiger partial charge in [0.1, 0.15) is 24.7 Å². The van der Waals surface area contributed by atoms with E-state index in [0.29, 0.717) is 31.9 Å². The van der Waals surface area contributed by atoms with Crippen LogP contribution in [0.25, 0.3) is 0 Å². The van der Waals surface area contributed by atoms with Crippen LogP contribution in [-0.2, 0) is 20.7 Å². The van der Waals surface area contributed by atoms with Crippen LogP contribution in [-0.4, -0.2) is 44.4 Å². The lowest BCUT2D eigenvalue weighted by atomic mass is 10.1. The Balaban J connectivity index is 1.56. The first-order chi connectivity index (χ1) is 14.3. The van der Waals surface area contributed by atoms with Crippen molar-refractivity contribution in [1.29, 1.82) is 0 Å². The van der Waals surface area contributed by atoms with Gasteiger partial charge in [-0.25, -0.2) is 4.79 Å². The highest BCUT2D eigenvalue weighted by molar-refractivity contribution is 5.88. The van der Waals surface area contributed by atoms with Gasteiger partial charge in [0.25, 0.3) is 0 Å². The molecule has 0 aliphatic rings. The Hall–Kier alpha value is -3.07. The summed E-state index contributed by atoms with van der Waals surface area (Å²) in [6.45, 7) is 1.44. The van der Waals surface area contributed by atoms with Gasteiger partial charge in [-0.1, -0.05) is 30.3 Å². The van der Waals surface area contributed by atoms with Crippen molar-refractivity contribution in [3.8, 4) is 11.5 Å². The third kappa shape index (κ3) is 8.95. The maximum atomic E-state index is 12.0. The van der Waals surface area contributed by atoms with E-state index in [1.807, 2.05) is 54.6 Å². The van der Waals surface area contributed by atoms with Gasteiger partial charge in [0, 0.05) is 6.54 Å². The maximum Gasteiger partial charge on any atom is 0.491 e. The lowest BCUT2D eigenvalue weighted by molar-refractivity contribution is -0.201. The summed E-state index contributed by atoms with van der Waals surface area (Å²) >= 11 is 0. The van der Waals surface area contributed by atoms with Crippen LogP contribution < -0.4 is 14.8 Å². The summed E-state index contributed by atoms with van der Waals surface area (Å²) < 4.78 is 50.7. The monoisotopic (exact) mass is 425 g/mol. The topological polar surface area (TPSA) is 73.9 Å². The van der Waals surface area contributed by atoms with Gasteiger partial charge in [0.15, 0.2) is 0 Å². The second-order valence-corrected chi connectivity index (χ2v) is 6.16. The predicted octanol–water partition coefficient (Wildman–Crippen LogP) is 3.30. The average Bonchev–Trinajstić information content (AvgIpc) is 2.72. The molecule has 0 spiro atoms. The minimum atomic E-state index is -5.17. The number of benzene rings is 2. The Morgan fingerprint density at radius 1 is 0.833 bits per heavy atom. The third-order valence-corrected chi connectivity index (χ3v) is 3.82. The first kappa shape index (κ1) is 23.2. The molecule has 6 nitrogen and oxygen atoms in total. The first-order valence-corrected chi connectivity index (χ1v) is 9.27. The van der Waals surface area contributed by atoms with Crippen molar-refractivity contribution in [2.45, 2.75) is 19.0 Å². The fourth-order valence-electron chi connectivity index (χ4n) is 2.35. The lowest BCUT2D eigenvalue weighted by Crippen LogP contribution is -2.29. The molecule has 162 valence electrons. The summed E-state index contributed by atoms with van der Waals surface area (Å²) in [5, 5.41) is 2.91. The van der Waals surface area contributed by atoms with E-state index in [1.165, 1.54) is 0 Å². The number of hydrogen-bond acceptors (Lipinski definition) is 6. The van der Waals surface area contributed by atoms with Crippen molar-refractivity contribution < 1.29 is 37.0 Å². The lowest BCUT2D eigenvalue weighted by Gasteiger charge is -2.09. The first-order valence-electron chi connectivity index (χ1n) is 9.27. The Bertz CT molecular complexity index is 795. The summed E-state index contributed by atoms with van der Waals surface area (Å²) in [6.07, 6.45) is -4.86. The van der Waals surface area contributed by atoms with Crippen LogP contribution in [0.3, 0.4) is 0 Å². The smallest absolute Gasteiger partial charge is 0.490 e. The van der Waals surface area contributed by atoms with Crippen LogP contribution >= 0.6 is 0 Å². The van der Waals surface area contributed by atoms with E-state index in [4.69, 9.17) is 9.47 Å². The molecule has 0 saturated carbocycles. The van der Waals surface area contributed by atoms with Crippen molar-refractivity contribution in [1.82, 2.24) is 5.32 Å². The number of para-hydroxylation sites is 1. The van der Waals surface area contributed by atoms with Gasteiger partial charge >= 0.3 is 18.1 Å². The molecule has 0 saturated heterocycles. The summed E-state index contributed by atoms with van der Waals surface area (Å²) in [5.41, 5.74) is 1.02. The number of hydrogen-bond donors (Lipinski definition) is 1. The zero-order chi connectivity index (χ0) is 21.8. The van der Waals surface area contributed by atoms with E-state index < -0.39 is 18.1 Å². The summed E-state index contributed by atoms with van der Waals surface area (Å²) in [5.74, 6) is -2.23. The molecule has 30 heavy (non-hydrogen) atoms. The summed E-state index contributed by atoms with van der Waals surface area (Å²) in [4.78, 5) is 21.7. The van der Waals surface area contributed by atoms with E-state index in [0.717, 1.165) is 11.3 Å². The molecule has 2 rings (SSSR count). The number of alkyl halides is 3. The fraction of sp³-hybridized carbons (Fsp3) is 0.333. The zero-order valence-electron chi connectivity index (χ0n) is 16.1. The van der Waals surface area contributed by atoms with Gasteiger partial charge in [-0.15, -0.1) is 0 Å². The Kier molecular flexibility index (Phi) is 9.14. The van der Waals surface area contributed by atoms with Crippen molar-refractivity contribution in [3.05, 3.63) is 60.2 Å². The highest BCUT2D eigenvalue weighted by Crippen LogP contribution is 2.16. The number of ether oxygens (including phenoxy) is 3. The van der Waals surface area contributed by atoms with Crippen molar-refractivity contribution in [2.24, 2.45) is 0 Å². The third-order valence-electron chi connectivity index (χ3n) is 3.82. The Morgan fingerprint density at radius 2 is 1.43 bits per heavy atom. The molecule has 0 atom stereocenters. The highest BCUT2D eigenvalue weighted by atomic mass is 19.4. The second-order valence-electron chi connectivity index (χ2n) is 6.16. The average molecular weight is 425 g/mol. The molecule has 0 aliphatic carbocycles. The molecule has 9 heteroatoms. The normalized spacial score (nSPS) is 11.0. The van der Waals surface area contributed by atoms with Gasteiger partial charge < -0.3 is 19.5 Å². The van der Waals surface area contributed by atoms with Crippen molar-refractivity contribution in [2.75, 3.05) is 26.3 Å². The maximum absolute atomic E-state index is 12.0. The number of carbonyl (C=O) groups excluding carboxylic acids is 2. The predicted molar refractivity (Wildman–Crippen MR) is 102 cm³/mol. The minimum Gasteiger partial charge on any atom is -0.490 e. The van der Waals surface area contributed by atoms with Gasteiger partial charge in [0.2, 0.25) is 0 Å². The minimum absolute atomic E-state index is 0.104. The summed E-state index contributed by atoms with van der Waals surface area (Å²) in [7, 11) is 0. The van der Waals surface area contributed by atoms with Crippen LogP contribution in [0, 0.1) is 0 Å². The van der Waals surface area contributed by atoms with E-state index >= 15 is 0 Å². The molecule has 0 bridgehead atoms. The van der Waals surface area contributed by atoms with Crippen molar-refractivity contribution in [3.63, 3.8) is 0 Å². The SMILES string of the molecule is O=C(CCNCCc1ccc(OCCOc2ccccc2)cc1)OC(=O)C(F)(F)F. The highest BCUT2D eigenvalue weighted by Gasteiger charge is 2.42. The van der Waals surface area contributed by atoms with Gasteiger partial charge in [-0.05, 0) is 42.8 Å².